The predicted molar refractivity (Wildman–Crippen MR) is 72.3 cm³/mol. The highest BCUT2D eigenvalue weighted by Crippen LogP contribution is 2.32. The van der Waals surface area contributed by atoms with E-state index in [1.54, 1.807) is 18.2 Å². The van der Waals surface area contributed by atoms with E-state index in [1.807, 2.05) is 19.0 Å². The summed E-state index contributed by atoms with van der Waals surface area (Å²) in [6.45, 7) is 0. The minimum absolute atomic E-state index is 0.228. The third-order valence-electron chi connectivity index (χ3n) is 2.44. The number of aromatic nitrogens is 2. The summed E-state index contributed by atoms with van der Waals surface area (Å²) in [6, 6.07) is 5.38. The van der Waals surface area contributed by atoms with Gasteiger partial charge >= 0.3 is 0 Å². The highest BCUT2D eigenvalue weighted by molar-refractivity contribution is 6.34. The normalized spacial score (nSPS) is 10.2. The zero-order chi connectivity index (χ0) is 13.1. The van der Waals surface area contributed by atoms with E-state index in [0.29, 0.717) is 16.3 Å². The van der Waals surface area contributed by atoms with E-state index in [-0.39, 0.29) is 5.91 Å². The summed E-state index contributed by atoms with van der Waals surface area (Å²) in [5.41, 5.74) is 1.91. The van der Waals surface area contributed by atoms with Gasteiger partial charge in [0.15, 0.2) is 0 Å². The second-order valence-electron chi connectivity index (χ2n) is 3.97. The fourth-order valence-electron chi connectivity index (χ4n) is 1.64. The first-order valence-corrected chi connectivity index (χ1v) is 5.73. The molecule has 6 heteroatoms. The molecule has 0 radical (unpaired) electrons. The molecular formula is C12H13ClN4O. The Morgan fingerprint density at radius 3 is 2.83 bits per heavy atom. The van der Waals surface area contributed by atoms with Crippen LogP contribution in [0.1, 0.15) is 10.4 Å². The topological polar surface area (TPSA) is 61.0 Å². The van der Waals surface area contributed by atoms with E-state index >= 15 is 0 Å². The molecule has 0 aliphatic heterocycles. The Labute approximate surface area is 110 Å². The number of carbonyl (C=O) groups is 1. The molecule has 18 heavy (non-hydrogen) atoms. The third kappa shape index (κ3) is 2.46. The van der Waals surface area contributed by atoms with Gasteiger partial charge < -0.3 is 10.2 Å². The van der Waals surface area contributed by atoms with Gasteiger partial charge in [0.2, 0.25) is 0 Å². The van der Waals surface area contributed by atoms with E-state index in [2.05, 4.69) is 15.5 Å². The Balaban J connectivity index is 2.29. The number of nitrogens with zero attached hydrogens (tertiary/aromatic N) is 2. The zero-order valence-corrected chi connectivity index (χ0v) is 10.8. The summed E-state index contributed by atoms with van der Waals surface area (Å²) in [7, 11) is 3.74. The van der Waals surface area contributed by atoms with Crippen LogP contribution in [0.2, 0.25) is 5.02 Å². The first-order valence-electron chi connectivity index (χ1n) is 5.35. The first kappa shape index (κ1) is 12.4. The van der Waals surface area contributed by atoms with Crippen molar-refractivity contribution in [1.82, 2.24) is 10.2 Å². The molecule has 2 rings (SSSR count). The molecule has 0 aliphatic rings. The molecule has 2 N–H and O–H groups in total. The van der Waals surface area contributed by atoms with Crippen molar-refractivity contribution >= 4 is 28.9 Å². The van der Waals surface area contributed by atoms with Gasteiger partial charge in [-0.1, -0.05) is 17.7 Å². The SMILES string of the molecule is CN(C)c1c(Cl)cccc1NC(=O)c1cn[nH]c1. The molecule has 1 aromatic heterocycles. The molecule has 5 nitrogen and oxygen atoms in total. The van der Waals surface area contributed by atoms with Crippen LogP contribution in [-0.4, -0.2) is 30.2 Å². The van der Waals surface area contributed by atoms with Crippen molar-refractivity contribution in [2.45, 2.75) is 0 Å². The number of H-pyrrole nitrogens is 1. The van der Waals surface area contributed by atoms with E-state index in [0.717, 1.165) is 5.69 Å². The summed E-state index contributed by atoms with van der Waals surface area (Å²) in [5, 5.41) is 9.73. The lowest BCUT2D eigenvalue weighted by molar-refractivity contribution is 0.102. The van der Waals surface area contributed by atoms with Gasteiger partial charge in [0.1, 0.15) is 0 Å². The molecule has 0 unspecified atom stereocenters. The number of anilines is 2. The van der Waals surface area contributed by atoms with E-state index < -0.39 is 0 Å². The van der Waals surface area contributed by atoms with Crippen molar-refractivity contribution in [2.75, 3.05) is 24.3 Å². The molecule has 0 aliphatic carbocycles. The first-order chi connectivity index (χ1) is 8.59. The minimum atomic E-state index is -0.228. The molecule has 0 spiro atoms. The fraction of sp³-hybridized carbons (Fsp3) is 0.167. The summed E-state index contributed by atoms with van der Waals surface area (Å²) >= 11 is 6.12. The standard InChI is InChI=1S/C12H13ClN4O/c1-17(2)11-9(13)4-3-5-10(11)16-12(18)8-6-14-15-7-8/h3-7H,1-2H3,(H,14,15)(H,16,18). The zero-order valence-electron chi connectivity index (χ0n) is 10.1. The maximum absolute atomic E-state index is 11.9. The number of hydrogen-bond donors (Lipinski definition) is 2. The van der Waals surface area contributed by atoms with Crippen LogP contribution in [0.15, 0.2) is 30.6 Å². The van der Waals surface area contributed by atoms with Crippen LogP contribution >= 0.6 is 11.6 Å². The number of rotatable bonds is 3. The molecule has 0 saturated carbocycles. The molecule has 0 atom stereocenters. The molecule has 0 saturated heterocycles. The second kappa shape index (κ2) is 5.10. The lowest BCUT2D eigenvalue weighted by Gasteiger charge is -2.19. The maximum atomic E-state index is 11.9. The van der Waals surface area contributed by atoms with Crippen LogP contribution in [-0.2, 0) is 0 Å². The monoisotopic (exact) mass is 264 g/mol. The number of hydrogen-bond acceptors (Lipinski definition) is 3. The third-order valence-corrected chi connectivity index (χ3v) is 2.75. The molecule has 2 aromatic rings. The summed E-state index contributed by atoms with van der Waals surface area (Å²) in [6.07, 6.45) is 3.00. The molecule has 0 bridgehead atoms. The van der Waals surface area contributed by atoms with Crippen molar-refractivity contribution in [3.05, 3.63) is 41.2 Å². The van der Waals surface area contributed by atoms with E-state index in [9.17, 15) is 4.79 Å². The van der Waals surface area contributed by atoms with Crippen molar-refractivity contribution < 1.29 is 4.79 Å². The number of halogens is 1. The van der Waals surface area contributed by atoms with Gasteiger partial charge in [0, 0.05) is 20.3 Å². The number of nitrogens with one attached hydrogen (secondary N) is 2. The van der Waals surface area contributed by atoms with Crippen molar-refractivity contribution in [3.8, 4) is 0 Å². The molecular weight excluding hydrogens is 252 g/mol. The van der Waals surface area contributed by atoms with Crippen LogP contribution in [0.25, 0.3) is 0 Å². The van der Waals surface area contributed by atoms with Crippen molar-refractivity contribution in [3.63, 3.8) is 0 Å². The quantitative estimate of drug-likeness (QED) is 0.895. The Kier molecular flexibility index (Phi) is 3.53. The van der Waals surface area contributed by atoms with Gasteiger partial charge in [-0.2, -0.15) is 5.10 Å². The predicted octanol–water partition coefficient (Wildman–Crippen LogP) is 2.38. The van der Waals surface area contributed by atoms with Crippen LogP contribution in [0.3, 0.4) is 0 Å². The maximum Gasteiger partial charge on any atom is 0.258 e. The molecule has 1 aromatic carbocycles. The van der Waals surface area contributed by atoms with Gasteiger partial charge in [-0.3, -0.25) is 9.89 Å². The van der Waals surface area contributed by atoms with Crippen molar-refractivity contribution in [1.29, 1.82) is 0 Å². The van der Waals surface area contributed by atoms with Gasteiger partial charge in [-0.05, 0) is 12.1 Å². The largest absolute Gasteiger partial charge is 0.375 e. The van der Waals surface area contributed by atoms with Crippen LogP contribution < -0.4 is 10.2 Å². The number of benzene rings is 1. The average molecular weight is 265 g/mol. The highest BCUT2D eigenvalue weighted by Gasteiger charge is 2.13. The van der Waals surface area contributed by atoms with E-state index in [1.165, 1.54) is 12.4 Å². The summed E-state index contributed by atoms with van der Waals surface area (Å²) in [4.78, 5) is 13.8. The molecule has 0 fully saturated rings. The Morgan fingerprint density at radius 1 is 1.44 bits per heavy atom. The van der Waals surface area contributed by atoms with E-state index in [4.69, 9.17) is 11.6 Å². The number of aromatic amines is 1. The molecule has 1 heterocycles. The Hall–Kier alpha value is -2.01. The van der Waals surface area contributed by atoms with Crippen LogP contribution in [0, 0.1) is 0 Å². The minimum Gasteiger partial charge on any atom is -0.375 e. The van der Waals surface area contributed by atoms with Gasteiger partial charge in [0.25, 0.3) is 5.91 Å². The lowest BCUT2D eigenvalue weighted by atomic mass is 10.2. The van der Waals surface area contributed by atoms with Crippen LogP contribution in [0.4, 0.5) is 11.4 Å². The lowest BCUT2D eigenvalue weighted by Crippen LogP contribution is -2.16. The fourth-order valence-corrected chi connectivity index (χ4v) is 1.98. The summed E-state index contributed by atoms with van der Waals surface area (Å²) < 4.78 is 0. The molecule has 94 valence electrons. The van der Waals surface area contributed by atoms with Crippen LogP contribution in [0.5, 0.6) is 0 Å². The second-order valence-corrected chi connectivity index (χ2v) is 4.38. The number of amides is 1. The van der Waals surface area contributed by atoms with Gasteiger partial charge in [0.05, 0.1) is 28.2 Å². The van der Waals surface area contributed by atoms with Gasteiger partial charge in [-0.15, -0.1) is 0 Å². The Bertz CT molecular complexity index is 551. The smallest absolute Gasteiger partial charge is 0.258 e. The number of carbonyl (C=O) groups excluding carboxylic acids is 1. The molecule has 1 amide bonds. The highest BCUT2D eigenvalue weighted by atomic mass is 35.5. The number of para-hydroxylation sites is 1. The average Bonchev–Trinajstić information content (AvgIpc) is 2.81. The van der Waals surface area contributed by atoms with Gasteiger partial charge in [-0.25, -0.2) is 0 Å². The Morgan fingerprint density at radius 2 is 2.22 bits per heavy atom. The summed E-state index contributed by atoms with van der Waals surface area (Å²) in [5.74, 6) is -0.228. The van der Waals surface area contributed by atoms with Crippen molar-refractivity contribution in [2.24, 2.45) is 0 Å².